The Morgan fingerprint density at radius 1 is 1.25 bits per heavy atom. The zero-order valence-electron chi connectivity index (χ0n) is 14.5. The molecule has 1 rings (SSSR count). The number of hydrogen-bond acceptors (Lipinski definition) is 3. The lowest BCUT2D eigenvalue weighted by Gasteiger charge is -2.12. The van der Waals surface area contributed by atoms with Gasteiger partial charge in [0, 0.05) is 39.3 Å². The number of nitrogens with one attached hydrogen (secondary N) is 2. The molecule has 0 aromatic carbocycles. The van der Waals surface area contributed by atoms with Crippen LogP contribution >= 0.6 is 0 Å². The summed E-state index contributed by atoms with van der Waals surface area (Å²) in [6, 6.07) is 0. The molecule has 0 aliphatic carbocycles. The van der Waals surface area contributed by atoms with Crippen LogP contribution in [0.1, 0.15) is 45.4 Å². The summed E-state index contributed by atoms with van der Waals surface area (Å²) in [6.07, 6.45) is -0.977. The zero-order chi connectivity index (χ0) is 17.7. The van der Waals surface area contributed by atoms with Gasteiger partial charge in [0.15, 0.2) is 5.96 Å². The fourth-order valence-electron chi connectivity index (χ4n) is 2.35. The van der Waals surface area contributed by atoms with Crippen molar-refractivity contribution in [3.05, 3.63) is 0 Å². The lowest BCUT2D eigenvalue weighted by molar-refractivity contribution is -0.135. The standard InChI is InChI=1S/C16H30F3N3O2/c1-2-20-15(21-9-4-3-8-16(17,18)19)22-10-6-11-23-13-14-7-5-12-24-14/h14H,2-13H2,1H3,(H2,20,21,22). The van der Waals surface area contributed by atoms with Crippen LogP contribution < -0.4 is 10.6 Å². The second-order valence-electron chi connectivity index (χ2n) is 5.82. The highest BCUT2D eigenvalue weighted by Crippen LogP contribution is 2.21. The van der Waals surface area contributed by atoms with Crippen LogP contribution in [0.2, 0.25) is 0 Å². The summed E-state index contributed by atoms with van der Waals surface area (Å²) < 4.78 is 47.2. The lowest BCUT2D eigenvalue weighted by Crippen LogP contribution is -2.38. The molecule has 0 saturated carbocycles. The molecule has 0 spiro atoms. The molecule has 24 heavy (non-hydrogen) atoms. The van der Waals surface area contributed by atoms with Crippen molar-refractivity contribution in [3.63, 3.8) is 0 Å². The Hall–Kier alpha value is -1.02. The Kier molecular flexibility index (Phi) is 10.8. The van der Waals surface area contributed by atoms with Gasteiger partial charge in [0.05, 0.1) is 12.7 Å². The summed E-state index contributed by atoms with van der Waals surface area (Å²) in [4.78, 5) is 4.39. The van der Waals surface area contributed by atoms with Gasteiger partial charge in [0.1, 0.15) is 0 Å². The van der Waals surface area contributed by atoms with Crippen molar-refractivity contribution in [2.45, 2.75) is 57.7 Å². The molecule has 1 aliphatic rings. The van der Waals surface area contributed by atoms with E-state index in [1.54, 1.807) is 0 Å². The summed E-state index contributed by atoms with van der Waals surface area (Å²) in [5.41, 5.74) is 0. The maximum absolute atomic E-state index is 12.1. The molecule has 1 atom stereocenters. The Labute approximate surface area is 142 Å². The number of guanidine groups is 1. The van der Waals surface area contributed by atoms with Gasteiger partial charge >= 0.3 is 6.18 Å². The van der Waals surface area contributed by atoms with E-state index in [2.05, 4.69) is 15.6 Å². The predicted octanol–water partition coefficient (Wildman–Crippen LogP) is 2.86. The van der Waals surface area contributed by atoms with Crippen LogP contribution in [-0.2, 0) is 9.47 Å². The van der Waals surface area contributed by atoms with Crippen LogP contribution in [-0.4, -0.2) is 57.7 Å². The van der Waals surface area contributed by atoms with Gasteiger partial charge in [-0.2, -0.15) is 13.2 Å². The molecule has 1 heterocycles. The first-order valence-electron chi connectivity index (χ1n) is 8.79. The second kappa shape index (κ2) is 12.4. The van der Waals surface area contributed by atoms with Crippen molar-refractivity contribution >= 4 is 5.96 Å². The van der Waals surface area contributed by atoms with Crippen molar-refractivity contribution < 1.29 is 22.6 Å². The van der Waals surface area contributed by atoms with Crippen molar-refractivity contribution in [1.82, 2.24) is 10.6 Å². The third-order valence-corrected chi connectivity index (χ3v) is 3.57. The van der Waals surface area contributed by atoms with E-state index in [4.69, 9.17) is 9.47 Å². The number of alkyl halides is 3. The van der Waals surface area contributed by atoms with Crippen molar-refractivity contribution in [3.8, 4) is 0 Å². The van der Waals surface area contributed by atoms with Crippen molar-refractivity contribution in [1.29, 1.82) is 0 Å². The van der Waals surface area contributed by atoms with Gasteiger partial charge in [-0.3, -0.25) is 4.99 Å². The minimum atomic E-state index is -4.07. The summed E-state index contributed by atoms with van der Waals surface area (Å²) in [5, 5.41) is 6.13. The summed E-state index contributed by atoms with van der Waals surface area (Å²) in [6.45, 7) is 5.87. The molecule has 142 valence electrons. The van der Waals surface area contributed by atoms with Gasteiger partial charge in [-0.1, -0.05) is 0 Å². The van der Waals surface area contributed by atoms with Gasteiger partial charge in [0.2, 0.25) is 0 Å². The molecule has 2 N–H and O–H groups in total. The number of unbranched alkanes of at least 4 members (excludes halogenated alkanes) is 1. The first-order valence-corrected chi connectivity index (χ1v) is 8.79. The summed E-state index contributed by atoms with van der Waals surface area (Å²) in [7, 11) is 0. The van der Waals surface area contributed by atoms with E-state index in [1.807, 2.05) is 6.92 Å². The number of hydrogen-bond donors (Lipinski definition) is 2. The Morgan fingerprint density at radius 2 is 2.08 bits per heavy atom. The molecule has 8 heteroatoms. The fourth-order valence-corrected chi connectivity index (χ4v) is 2.35. The molecule has 1 unspecified atom stereocenters. The number of rotatable bonds is 11. The van der Waals surface area contributed by atoms with Crippen LogP contribution in [0.3, 0.4) is 0 Å². The van der Waals surface area contributed by atoms with Gasteiger partial charge in [-0.05, 0) is 39.0 Å². The van der Waals surface area contributed by atoms with E-state index >= 15 is 0 Å². The third kappa shape index (κ3) is 11.5. The van der Waals surface area contributed by atoms with E-state index in [1.165, 1.54) is 0 Å². The van der Waals surface area contributed by atoms with Crippen LogP contribution in [0.15, 0.2) is 4.99 Å². The van der Waals surface area contributed by atoms with Gasteiger partial charge in [-0.15, -0.1) is 0 Å². The molecule has 0 aromatic heterocycles. The van der Waals surface area contributed by atoms with Crippen LogP contribution in [0.5, 0.6) is 0 Å². The zero-order valence-corrected chi connectivity index (χ0v) is 14.5. The molecule has 0 bridgehead atoms. The minimum absolute atomic E-state index is 0.132. The average Bonchev–Trinajstić information content (AvgIpc) is 3.02. The Morgan fingerprint density at radius 3 is 2.75 bits per heavy atom. The average molecular weight is 353 g/mol. The quantitative estimate of drug-likeness (QED) is 0.341. The highest BCUT2D eigenvalue weighted by atomic mass is 19.4. The number of halogens is 3. The van der Waals surface area contributed by atoms with Crippen LogP contribution in [0.25, 0.3) is 0 Å². The molecule has 1 fully saturated rings. The highest BCUT2D eigenvalue weighted by molar-refractivity contribution is 5.79. The molecule has 0 amide bonds. The summed E-state index contributed by atoms with van der Waals surface area (Å²) >= 11 is 0. The van der Waals surface area contributed by atoms with Crippen LogP contribution in [0.4, 0.5) is 13.2 Å². The van der Waals surface area contributed by atoms with Crippen molar-refractivity contribution in [2.24, 2.45) is 4.99 Å². The third-order valence-electron chi connectivity index (χ3n) is 3.57. The molecule has 1 saturated heterocycles. The Balaban J connectivity index is 2.05. The number of aliphatic imine (C=N–C) groups is 1. The highest BCUT2D eigenvalue weighted by Gasteiger charge is 2.25. The molecule has 0 aromatic rings. The SMILES string of the molecule is CCNC(=NCCCOCC1CCCO1)NCCCCC(F)(F)F. The molecular formula is C16H30F3N3O2. The fraction of sp³-hybridized carbons (Fsp3) is 0.938. The van der Waals surface area contributed by atoms with E-state index < -0.39 is 12.6 Å². The van der Waals surface area contributed by atoms with E-state index in [0.29, 0.717) is 45.2 Å². The van der Waals surface area contributed by atoms with Gasteiger partial charge in [-0.25, -0.2) is 0 Å². The summed E-state index contributed by atoms with van der Waals surface area (Å²) in [5.74, 6) is 0.642. The maximum atomic E-state index is 12.1. The predicted molar refractivity (Wildman–Crippen MR) is 88.3 cm³/mol. The topological polar surface area (TPSA) is 54.9 Å². The Bertz CT molecular complexity index is 346. The van der Waals surface area contributed by atoms with Gasteiger partial charge < -0.3 is 20.1 Å². The normalized spacial score (nSPS) is 18.8. The first kappa shape index (κ1) is 21.0. The molecule has 1 aliphatic heterocycles. The first-order chi connectivity index (χ1) is 11.5. The van der Waals surface area contributed by atoms with Crippen LogP contribution in [0, 0.1) is 0 Å². The smallest absolute Gasteiger partial charge is 0.379 e. The van der Waals surface area contributed by atoms with E-state index in [0.717, 1.165) is 25.9 Å². The largest absolute Gasteiger partial charge is 0.389 e. The van der Waals surface area contributed by atoms with Gasteiger partial charge in [0.25, 0.3) is 0 Å². The van der Waals surface area contributed by atoms with E-state index in [-0.39, 0.29) is 12.5 Å². The molecular weight excluding hydrogens is 323 g/mol. The second-order valence-corrected chi connectivity index (χ2v) is 5.82. The number of ether oxygens (including phenoxy) is 2. The maximum Gasteiger partial charge on any atom is 0.389 e. The lowest BCUT2D eigenvalue weighted by atomic mass is 10.2. The molecule has 0 radical (unpaired) electrons. The van der Waals surface area contributed by atoms with E-state index in [9.17, 15) is 13.2 Å². The van der Waals surface area contributed by atoms with Crippen molar-refractivity contribution in [2.75, 3.05) is 39.5 Å². The molecule has 5 nitrogen and oxygen atoms in total. The monoisotopic (exact) mass is 353 g/mol. The minimum Gasteiger partial charge on any atom is -0.379 e. The number of nitrogens with zero attached hydrogens (tertiary/aromatic N) is 1.